The Morgan fingerprint density at radius 3 is 2.43 bits per heavy atom. The summed E-state index contributed by atoms with van der Waals surface area (Å²) in [5, 5.41) is 3.31. The fourth-order valence-corrected chi connectivity index (χ4v) is 3.62. The van der Waals surface area contributed by atoms with Gasteiger partial charge in [-0.3, -0.25) is 4.90 Å². The molecule has 0 spiro atoms. The maximum absolute atomic E-state index is 13.0. The van der Waals surface area contributed by atoms with Crippen LogP contribution in [0.15, 0.2) is 22.7 Å². The van der Waals surface area contributed by atoms with Gasteiger partial charge < -0.3 is 5.32 Å². The van der Waals surface area contributed by atoms with Crippen LogP contribution in [-0.4, -0.2) is 31.1 Å². The Balaban J connectivity index is 0.00000192. The molecule has 23 heavy (non-hydrogen) atoms. The molecular weight excluding hydrogens is 393 g/mol. The van der Waals surface area contributed by atoms with E-state index in [0.717, 1.165) is 48.7 Å². The van der Waals surface area contributed by atoms with Crippen molar-refractivity contribution in [2.45, 2.75) is 31.5 Å². The third-order valence-electron chi connectivity index (χ3n) is 4.53. The van der Waals surface area contributed by atoms with E-state index in [-0.39, 0.29) is 18.4 Å². The van der Waals surface area contributed by atoms with Gasteiger partial charge in [-0.15, -0.1) is 12.4 Å². The Morgan fingerprint density at radius 1 is 1.22 bits per heavy atom. The highest BCUT2D eigenvalue weighted by atomic mass is 79.9. The molecule has 1 heterocycles. The van der Waals surface area contributed by atoms with E-state index >= 15 is 0 Å². The summed E-state index contributed by atoms with van der Waals surface area (Å²) in [6, 6.07) is 4.10. The first kappa shape index (κ1) is 19.0. The van der Waals surface area contributed by atoms with Crippen LogP contribution >= 0.6 is 28.3 Å². The SMILES string of the molecule is Cl.FC(F)(F)c1ccc(Br)c([C@H](CC2CC2)N2CCNCC2)c1. The summed E-state index contributed by atoms with van der Waals surface area (Å²) in [7, 11) is 0. The van der Waals surface area contributed by atoms with Crippen molar-refractivity contribution < 1.29 is 13.2 Å². The van der Waals surface area contributed by atoms with Crippen LogP contribution in [0.1, 0.15) is 36.4 Å². The number of hydrogen-bond acceptors (Lipinski definition) is 2. The third-order valence-corrected chi connectivity index (χ3v) is 5.25. The van der Waals surface area contributed by atoms with E-state index in [0.29, 0.717) is 5.92 Å². The zero-order valence-electron chi connectivity index (χ0n) is 12.7. The van der Waals surface area contributed by atoms with Crippen LogP contribution in [-0.2, 0) is 6.18 Å². The second-order valence-corrected chi connectivity index (χ2v) is 7.07. The molecule has 1 saturated heterocycles. The third kappa shape index (κ3) is 4.84. The molecule has 2 aliphatic rings. The Hall–Kier alpha value is -0.300. The zero-order chi connectivity index (χ0) is 15.7. The van der Waals surface area contributed by atoms with Gasteiger partial charge in [0, 0.05) is 36.7 Å². The van der Waals surface area contributed by atoms with Gasteiger partial charge in [0.2, 0.25) is 0 Å². The molecule has 1 aromatic rings. The van der Waals surface area contributed by atoms with Crippen molar-refractivity contribution in [3.63, 3.8) is 0 Å². The maximum Gasteiger partial charge on any atom is 0.416 e. The van der Waals surface area contributed by atoms with Crippen molar-refractivity contribution in [3.8, 4) is 0 Å². The molecular formula is C16H21BrClF3N2. The molecule has 0 radical (unpaired) electrons. The average molecular weight is 414 g/mol. The summed E-state index contributed by atoms with van der Waals surface area (Å²) >= 11 is 3.47. The molecule has 1 N–H and O–H groups in total. The van der Waals surface area contributed by atoms with Crippen LogP contribution in [0.5, 0.6) is 0 Å². The van der Waals surface area contributed by atoms with Crippen LogP contribution < -0.4 is 5.32 Å². The van der Waals surface area contributed by atoms with Crippen molar-refractivity contribution in [3.05, 3.63) is 33.8 Å². The molecule has 3 rings (SSSR count). The number of rotatable bonds is 4. The lowest BCUT2D eigenvalue weighted by molar-refractivity contribution is -0.137. The quantitative estimate of drug-likeness (QED) is 0.774. The molecule has 0 aromatic heterocycles. The van der Waals surface area contributed by atoms with Crippen LogP contribution in [0, 0.1) is 5.92 Å². The van der Waals surface area contributed by atoms with Crippen LogP contribution in [0.3, 0.4) is 0 Å². The Labute approximate surface area is 149 Å². The lowest BCUT2D eigenvalue weighted by Crippen LogP contribution is -2.45. The van der Waals surface area contributed by atoms with Gasteiger partial charge in [0.05, 0.1) is 5.56 Å². The van der Waals surface area contributed by atoms with Crippen LogP contribution in [0.2, 0.25) is 0 Å². The summed E-state index contributed by atoms with van der Waals surface area (Å²) in [5.41, 5.74) is 0.227. The Morgan fingerprint density at radius 2 is 1.87 bits per heavy atom. The summed E-state index contributed by atoms with van der Waals surface area (Å²) in [4.78, 5) is 2.33. The number of halogens is 5. The minimum absolute atomic E-state index is 0. The average Bonchev–Trinajstić information content (AvgIpc) is 3.29. The summed E-state index contributed by atoms with van der Waals surface area (Å²) in [6.07, 6.45) is -0.915. The molecule has 1 aliphatic heterocycles. The summed E-state index contributed by atoms with van der Waals surface area (Å²) < 4.78 is 39.9. The van der Waals surface area contributed by atoms with Crippen molar-refractivity contribution in [2.75, 3.05) is 26.2 Å². The van der Waals surface area contributed by atoms with Gasteiger partial charge in [-0.25, -0.2) is 0 Å². The van der Waals surface area contributed by atoms with E-state index in [1.807, 2.05) is 0 Å². The molecule has 0 unspecified atom stereocenters. The van der Waals surface area contributed by atoms with Gasteiger partial charge in [0.25, 0.3) is 0 Å². The molecule has 1 aliphatic carbocycles. The normalized spacial score (nSPS) is 20.9. The zero-order valence-corrected chi connectivity index (χ0v) is 15.1. The second kappa shape index (κ2) is 7.72. The molecule has 2 fully saturated rings. The van der Waals surface area contributed by atoms with Crippen molar-refractivity contribution in [2.24, 2.45) is 5.92 Å². The molecule has 1 atom stereocenters. The monoisotopic (exact) mass is 412 g/mol. The number of hydrogen-bond donors (Lipinski definition) is 1. The highest BCUT2D eigenvalue weighted by Crippen LogP contribution is 2.43. The van der Waals surface area contributed by atoms with E-state index in [9.17, 15) is 13.2 Å². The van der Waals surface area contributed by atoms with E-state index in [2.05, 4.69) is 26.1 Å². The molecule has 130 valence electrons. The molecule has 1 saturated carbocycles. The fourth-order valence-electron chi connectivity index (χ4n) is 3.11. The fraction of sp³-hybridized carbons (Fsp3) is 0.625. The molecule has 0 amide bonds. The second-order valence-electron chi connectivity index (χ2n) is 6.21. The number of nitrogens with zero attached hydrogens (tertiary/aromatic N) is 1. The van der Waals surface area contributed by atoms with Crippen molar-refractivity contribution in [1.29, 1.82) is 0 Å². The molecule has 2 nitrogen and oxygen atoms in total. The van der Waals surface area contributed by atoms with Gasteiger partial charge in [-0.05, 0) is 36.1 Å². The minimum Gasteiger partial charge on any atom is -0.314 e. The minimum atomic E-state index is -4.29. The topological polar surface area (TPSA) is 15.3 Å². The largest absolute Gasteiger partial charge is 0.416 e. The van der Waals surface area contributed by atoms with Gasteiger partial charge in [0.1, 0.15) is 0 Å². The van der Waals surface area contributed by atoms with Crippen molar-refractivity contribution >= 4 is 28.3 Å². The van der Waals surface area contributed by atoms with E-state index in [1.54, 1.807) is 6.07 Å². The number of benzene rings is 1. The molecule has 1 aromatic carbocycles. The standard InChI is InChI=1S/C16H20BrF3N2.ClH/c17-14-4-3-12(16(18,19)20)10-13(14)15(9-11-1-2-11)22-7-5-21-6-8-22;/h3-4,10-11,15,21H,1-2,5-9H2;1H/t15-;/m0./s1. The van der Waals surface area contributed by atoms with Gasteiger partial charge in [0.15, 0.2) is 0 Å². The lowest BCUT2D eigenvalue weighted by Gasteiger charge is -2.36. The smallest absolute Gasteiger partial charge is 0.314 e. The van der Waals surface area contributed by atoms with Crippen LogP contribution in [0.25, 0.3) is 0 Å². The molecule has 0 bridgehead atoms. The van der Waals surface area contributed by atoms with E-state index in [4.69, 9.17) is 0 Å². The summed E-state index contributed by atoms with van der Waals surface area (Å²) in [5.74, 6) is 0.668. The van der Waals surface area contributed by atoms with Gasteiger partial charge in [-0.1, -0.05) is 28.8 Å². The first-order chi connectivity index (χ1) is 10.4. The van der Waals surface area contributed by atoms with Gasteiger partial charge >= 0.3 is 6.18 Å². The van der Waals surface area contributed by atoms with E-state index < -0.39 is 11.7 Å². The number of nitrogens with one attached hydrogen (secondary N) is 1. The highest BCUT2D eigenvalue weighted by Gasteiger charge is 2.35. The molecule has 7 heteroatoms. The first-order valence-corrected chi connectivity index (χ1v) is 8.56. The predicted molar refractivity (Wildman–Crippen MR) is 90.9 cm³/mol. The lowest BCUT2D eigenvalue weighted by atomic mass is 9.97. The van der Waals surface area contributed by atoms with Crippen LogP contribution in [0.4, 0.5) is 13.2 Å². The maximum atomic E-state index is 13.0. The van der Waals surface area contributed by atoms with Gasteiger partial charge in [-0.2, -0.15) is 13.2 Å². The number of alkyl halides is 3. The van der Waals surface area contributed by atoms with Crippen molar-refractivity contribution in [1.82, 2.24) is 10.2 Å². The van der Waals surface area contributed by atoms with E-state index in [1.165, 1.54) is 18.9 Å². The number of piperazine rings is 1. The highest BCUT2D eigenvalue weighted by molar-refractivity contribution is 9.10. The predicted octanol–water partition coefficient (Wildman–Crippen LogP) is 4.64. The Bertz CT molecular complexity index is 529. The first-order valence-electron chi connectivity index (χ1n) is 7.76. The summed E-state index contributed by atoms with van der Waals surface area (Å²) in [6.45, 7) is 3.58. The Kier molecular flexibility index (Phi) is 6.39.